The number of ether oxygens (including phenoxy) is 1. The van der Waals surface area contributed by atoms with Crippen molar-refractivity contribution >= 4 is 15.9 Å². The van der Waals surface area contributed by atoms with Crippen LogP contribution < -0.4 is 5.73 Å². The Morgan fingerprint density at radius 3 is 2.20 bits per heavy atom. The van der Waals surface area contributed by atoms with Gasteiger partial charge in [-0.05, 0) is 41.7 Å². The third-order valence-electron chi connectivity index (χ3n) is 3.37. The van der Waals surface area contributed by atoms with Crippen LogP contribution in [0.3, 0.4) is 0 Å². The summed E-state index contributed by atoms with van der Waals surface area (Å²) in [5.41, 5.74) is 9.99. The van der Waals surface area contributed by atoms with Gasteiger partial charge in [0.05, 0.1) is 6.61 Å². The summed E-state index contributed by atoms with van der Waals surface area (Å²) in [6, 6.07) is 16.9. The average Bonchev–Trinajstić information content (AvgIpc) is 2.48. The number of hydrogen-bond acceptors (Lipinski definition) is 2. The molecule has 20 heavy (non-hydrogen) atoms. The van der Waals surface area contributed by atoms with Crippen LogP contribution in [0.25, 0.3) is 0 Å². The molecular formula is C17H20BrNO. The van der Waals surface area contributed by atoms with E-state index in [0.717, 1.165) is 23.9 Å². The standard InChI is InChI=1S/C17H20BrNO/c1-20-11-10-13-2-6-15(7-3-13)17(19)12-14-4-8-16(18)9-5-14/h2-9,17H,10-12,19H2,1H3. The molecule has 106 valence electrons. The Bertz CT molecular complexity index is 522. The van der Waals surface area contributed by atoms with Crippen LogP contribution in [0.15, 0.2) is 53.0 Å². The van der Waals surface area contributed by atoms with Crippen molar-refractivity contribution in [1.82, 2.24) is 0 Å². The highest BCUT2D eigenvalue weighted by molar-refractivity contribution is 9.10. The van der Waals surface area contributed by atoms with Gasteiger partial charge in [0.1, 0.15) is 0 Å². The van der Waals surface area contributed by atoms with E-state index < -0.39 is 0 Å². The zero-order chi connectivity index (χ0) is 14.4. The lowest BCUT2D eigenvalue weighted by molar-refractivity contribution is 0.202. The second-order valence-corrected chi connectivity index (χ2v) is 5.84. The molecule has 0 saturated heterocycles. The lowest BCUT2D eigenvalue weighted by Gasteiger charge is -2.13. The van der Waals surface area contributed by atoms with Crippen LogP contribution in [-0.2, 0) is 17.6 Å². The van der Waals surface area contributed by atoms with Gasteiger partial charge in [0, 0.05) is 17.6 Å². The number of nitrogens with two attached hydrogens (primary N) is 1. The van der Waals surface area contributed by atoms with Crippen molar-refractivity contribution < 1.29 is 4.74 Å². The Balaban J connectivity index is 1.98. The highest BCUT2D eigenvalue weighted by atomic mass is 79.9. The minimum absolute atomic E-state index is 0.0349. The Morgan fingerprint density at radius 1 is 1.00 bits per heavy atom. The maximum absolute atomic E-state index is 6.28. The van der Waals surface area contributed by atoms with Gasteiger partial charge in [0.25, 0.3) is 0 Å². The molecule has 0 amide bonds. The Morgan fingerprint density at radius 2 is 1.60 bits per heavy atom. The Kier molecular flexibility index (Phi) is 5.77. The van der Waals surface area contributed by atoms with Crippen LogP contribution in [0.4, 0.5) is 0 Å². The quantitative estimate of drug-likeness (QED) is 0.870. The van der Waals surface area contributed by atoms with Crippen molar-refractivity contribution in [3.05, 3.63) is 69.7 Å². The van der Waals surface area contributed by atoms with E-state index in [0.29, 0.717) is 0 Å². The largest absolute Gasteiger partial charge is 0.384 e. The monoisotopic (exact) mass is 333 g/mol. The van der Waals surface area contributed by atoms with E-state index in [1.165, 1.54) is 16.7 Å². The van der Waals surface area contributed by atoms with Crippen LogP contribution in [-0.4, -0.2) is 13.7 Å². The van der Waals surface area contributed by atoms with E-state index in [9.17, 15) is 0 Å². The van der Waals surface area contributed by atoms with Gasteiger partial charge in [0.15, 0.2) is 0 Å². The molecule has 0 bridgehead atoms. The normalized spacial score (nSPS) is 12.3. The molecule has 0 aliphatic carbocycles. The van der Waals surface area contributed by atoms with E-state index in [1.54, 1.807) is 7.11 Å². The molecule has 0 aliphatic rings. The predicted molar refractivity (Wildman–Crippen MR) is 86.8 cm³/mol. The topological polar surface area (TPSA) is 35.2 Å². The van der Waals surface area contributed by atoms with Crippen LogP contribution in [0.2, 0.25) is 0 Å². The highest BCUT2D eigenvalue weighted by Crippen LogP contribution is 2.18. The van der Waals surface area contributed by atoms with Gasteiger partial charge in [-0.15, -0.1) is 0 Å². The first kappa shape index (κ1) is 15.2. The van der Waals surface area contributed by atoms with Crippen LogP contribution in [0.1, 0.15) is 22.7 Å². The first-order valence-corrected chi connectivity index (χ1v) is 7.56. The minimum Gasteiger partial charge on any atom is -0.384 e. The van der Waals surface area contributed by atoms with Crippen molar-refractivity contribution in [2.24, 2.45) is 5.73 Å². The fraction of sp³-hybridized carbons (Fsp3) is 0.294. The first-order chi connectivity index (χ1) is 9.69. The van der Waals surface area contributed by atoms with E-state index in [2.05, 4.69) is 64.5 Å². The third-order valence-corrected chi connectivity index (χ3v) is 3.90. The molecule has 3 heteroatoms. The van der Waals surface area contributed by atoms with Crippen molar-refractivity contribution in [1.29, 1.82) is 0 Å². The molecule has 0 fully saturated rings. The summed E-state index contributed by atoms with van der Waals surface area (Å²) in [5, 5.41) is 0. The minimum atomic E-state index is 0.0349. The Hall–Kier alpha value is -1.16. The van der Waals surface area contributed by atoms with Gasteiger partial charge >= 0.3 is 0 Å². The molecule has 2 aromatic carbocycles. The second-order valence-electron chi connectivity index (χ2n) is 4.92. The second kappa shape index (κ2) is 7.58. The number of methoxy groups -OCH3 is 1. The van der Waals surface area contributed by atoms with E-state index in [4.69, 9.17) is 10.5 Å². The average molecular weight is 334 g/mol. The molecule has 2 nitrogen and oxygen atoms in total. The van der Waals surface area contributed by atoms with E-state index in [-0.39, 0.29) is 6.04 Å². The highest BCUT2D eigenvalue weighted by Gasteiger charge is 2.07. The predicted octanol–water partition coefficient (Wildman–Crippen LogP) is 3.88. The molecule has 0 aromatic heterocycles. The molecule has 1 unspecified atom stereocenters. The first-order valence-electron chi connectivity index (χ1n) is 6.77. The van der Waals surface area contributed by atoms with Gasteiger partial charge < -0.3 is 10.5 Å². The zero-order valence-corrected chi connectivity index (χ0v) is 13.3. The summed E-state index contributed by atoms with van der Waals surface area (Å²) in [6.45, 7) is 0.754. The summed E-state index contributed by atoms with van der Waals surface area (Å²) in [6.07, 6.45) is 1.80. The number of rotatable bonds is 6. The number of hydrogen-bond donors (Lipinski definition) is 1. The molecule has 2 aromatic rings. The molecule has 0 radical (unpaired) electrons. The smallest absolute Gasteiger partial charge is 0.0502 e. The van der Waals surface area contributed by atoms with E-state index >= 15 is 0 Å². The van der Waals surface area contributed by atoms with Gasteiger partial charge in [-0.25, -0.2) is 0 Å². The molecule has 2 N–H and O–H groups in total. The van der Waals surface area contributed by atoms with E-state index in [1.807, 2.05) is 0 Å². The molecule has 0 aliphatic heterocycles. The summed E-state index contributed by atoms with van der Waals surface area (Å²) < 4.78 is 6.18. The Labute approximate surface area is 129 Å². The maximum atomic E-state index is 6.28. The van der Waals surface area contributed by atoms with Crippen LogP contribution in [0.5, 0.6) is 0 Å². The molecule has 0 saturated carbocycles. The van der Waals surface area contributed by atoms with Crippen molar-refractivity contribution in [2.75, 3.05) is 13.7 Å². The lowest BCUT2D eigenvalue weighted by Crippen LogP contribution is -2.13. The lowest BCUT2D eigenvalue weighted by atomic mass is 9.98. The van der Waals surface area contributed by atoms with Gasteiger partial charge in [-0.2, -0.15) is 0 Å². The summed E-state index contributed by atoms with van der Waals surface area (Å²) in [7, 11) is 1.72. The van der Waals surface area contributed by atoms with Crippen molar-refractivity contribution in [2.45, 2.75) is 18.9 Å². The van der Waals surface area contributed by atoms with Crippen LogP contribution in [0, 0.1) is 0 Å². The maximum Gasteiger partial charge on any atom is 0.0502 e. The summed E-state index contributed by atoms with van der Waals surface area (Å²) in [4.78, 5) is 0. The molecular weight excluding hydrogens is 314 g/mol. The zero-order valence-electron chi connectivity index (χ0n) is 11.7. The molecule has 1 atom stereocenters. The third kappa shape index (κ3) is 4.44. The summed E-state index contributed by atoms with van der Waals surface area (Å²) in [5.74, 6) is 0. The summed E-state index contributed by atoms with van der Waals surface area (Å²) >= 11 is 3.44. The molecule has 0 spiro atoms. The number of halogens is 1. The number of benzene rings is 2. The fourth-order valence-corrected chi connectivity index (χ4v) is 2.41. The van der Waals surface area contributed by atoms with Crippen LogP contribution >= 0.6 is 15.9 Å². The van der Waals surface area contributed by atoms with Gasteiger partial charge in [0.2, 0.25) is 0 Å². The van der Waals surface area contributed by atoms with Gasteiger partial charge in [-0.1, -0.05) is 52.3 Å². The fourth-order valence-electron chi connectivity index (χ4n) is 2.14. The van der Waals surface area contributed by atoms with Crippen molar-refractivity contribution in [3.8, 4) is 0 Å². The molecule has 0 heterocycles. The SMILES string of the molecule is COCCc1ccc(C(N)Cc2ccc(Br)cc2)cc1. The molecule has 2 rings (SSSR count). The van der Waals surface area contributed by atoms with Gasteiger partial charge in [-0.3, -0.25) is 0 Å². The van der Waals surface area contributed by atoms with Crippen molar-refractivity contribution in [3.63, 3.8) is 0 Å².